The molecule has 0 aromatic heterocycles. The topological polar surface area (TPSA) is 134 Å². The van der Waals surface area contributed by atoms with Gasteiger partial charge in [0.05, 0.1) is 10.5 Å². The van der Waals surface area contributed by atoms with Gasteiger partial charge in [0.15, 0.2) is 5.11 Å². The molecule has 0 atom stereocenters. The average molecular weight is 410 g/mol. The molecule has 0 aliphatic rings. The van der Waals surface area contributed by atoms with Crippen LogP contribution in [0.25, 0.3) is 10.8 Å². The van der Waals surface area contributed by atoms with E-state index in [1.807, 2.05) is 6.07 Å². The first kappa shape index (κ1) is 19.7. The number of nitro groups is 1. The Labute approximate surface area is 169 Å². The highest BCUT2D eigenvalue weighted by Gasteiger charge is 2.15. The van der Waals surface area contributed by atoms with Crippen molar-refractivity contribution < 1.29 is 19.6 Å². The molecule has 3 rings (SSSR count). The smallest absolute Gasteiger partial charge is 0.273 e. The number of non-ortho nitro benzene ring substituents is 1. The third-order valence-corrected chi connectivity index (χ3v) is 4.15. The Hall–Kier alpha value is -4.05. The highest BCUT2D eigenvalue weighted by Crippen LogP contribution is 2.24. The van der Waals surface area contributed by atoms with Crippen molar-refractivity contribution in [3.63, 3.8) is 0 Å². The van der Waals surface area contributed by atoms with E-state index in [-0.39, 0.29) is 27.7 Å². The predicted octanol–water partition coefficient (Wildman–Crippen LogP) is 2.40. The number of amides is 2. The molecule has 0 radical (unpaired) electrons. The van der Waals surface area contributed by atoms with Crippen molar-refractivity contribution in [1.82, 2.24) is 16.2 Å². The maximum Gasteiger partial charge on any atom is 0.273 e. The lowest BCUT2D eigenvalue weighted by molar-refractivity contribution is -0.384. The summed E-state index contributed by atoms with van der Waals surface area (Å²) in [5.74, 6) is -1.57. The number of hydrogen-bond donors (Lipinski definition) is 4. The molecule has 0 bridgehead atoms. The Morgan fingerprint density at radius 3 is 2.31 bits per heavy atom. The molecule has 146 valence electrons. The van der Waals surface area contributed by atoms with Crippen LogP contribution in [0.5, 0.6) is 5.75 Å². The third-order valence-electron chi connectivity index (χ3n) is 3.94. The fourth-order valence-electron chi connectivity index (χ4n) is 2.56. The van der Waals surface area contributed by atoms with Crippen molar-refractivity contribution in [1.29, 1.82) is 0 Å². The van der Waals surface area contributed by atoms with Crippen LogP contribution in [-0.4, -0.2) is 27.0 Å². The van der Waals surface area contributed by atoms with Crippen molar-refractivity contribution in [2.75, 3.05) is 0 Å². The zero-order valence-electron chi connectivity index (χ0n) is 14.7. The quantitative estimate of drug-likeness (QED) is 0.296. The molecule has 29 heavy (non-hydrogen) atoms. The van der Waals surface area contributed by atoms with E-state index in [1.165, 1.54) is 30.3 Å². The van der Waals surface area contributed by atoms with Crippen LogP contribution in [0.15, 0.2) is 60.7 Å². The summed E-state index contributed by atoms with van der Waals surface area (Å²) in [6.45, 7) is 0. The number of aromatic hydroxyl groups is 1. The minimum absolute atomic E-state index is 0.0176. The highest BCUT2D eigenvalue weighted by atomic mass is 32.1. The molecular formula is C19H14N4O5S. The summed E-state index contributed by atoms with van der Waals surface area (Å²) in [6.07, 6.45) is 0. The van der Waals surface area contributed by atoms with E-state index in [1.54, 1.807) is 18.2 Å². The second kappa shape index (κ2) is 8.31. The number of thiocarbonyl (C=S) groups is 1. The van der Waals surface area contributed by atoms with Gasteiger partial charge in [-0.3, -0.25) is 35.9 Å². The summed E-state index contributed by atoms with van der Waals surface area (Å²) in [5.41, 5.74) is 4.43. The Bertz CT molecular complexity index is 1150. The van der Waals surface area contributed by atoms with Gasteiger partial charge in [0.25, 0.3) is 17.5 Å². The molecule has 0 saturated carbocycles. The molecule has 0 saturated heterocycles. The Kier molecular flexibility index (Phi) is 5.65. The number of nitrogens with one attached hydrogen (secondary N) is 3. The standard InChI is InChI=1S/C19H14N4O5S/c24-16-10-12-5-2-1-4-11(12)9-15(16)18(26)21-22-19(29)20-17(25)13-6-3-7-14(8-13)23(27)28/h1-10,24H,(H,21,26)(H2,20,22,25,29). The van der Waals surface area contributed by atoms with Crippen molar-refractivity contribution in [3.05, 3.63) is 81.9 Å². The molecule has 10 heteroatoms. The summed E-state index contributed by atoms with van der Waals surface area (Å²) in [6, 6.07) is 15.3. The van der Waals surface area contributed by atoms with Gasteiger partial charge in [0.1, 0.15) is 5.75 Å². The third kappa shape index (κ3) is 4.62. The van der Waals surface area contributed by atoms with Gasteiger partial charge in [-0.1, -0.05) is 30.3 Å². The number of hydrogen-bond acceptors (Lipinski definition) is 6. The number of phenols is 1. The Balaban J connectivity index is 1.62. The SMILES string of the molecule is O=C(NC(=S)NNC(=O)c1cc2ccccc2cc1O)c1cccc([N+](=O)[O-])c1. The summed E-state index contributed by atoms with van der Waals surface area (Å²) < 4.78 is 0. The van der Waals surface area contributed by atoms with Crippen molar-refractivity contribution in [3.8, 4) is 5.75 Å². The van der Waals surface area contributed by atoms with Crippen LogP contribution < -0.4 is 16.2 Å². The van der Waals surface area contributed by atoms with E-state index < -0.39 is 16.7 Å². The lowest BCUT2D eigenvalue weighted by atomic mass is 10.1. The lowest BCUT2D eigenvalue weighted by Crippen LogP contribution is -2.48. The van der Waals surface area contributed by atoms with Gasteiger partial charge in [0, 0.05) is 17.7 Å². The number of nitrogens with zero attached hydrogens (tertiary/aromatic N) is 1. The minimum Gasteiger partial charge on any atom is -0.507 e. The summed E-state index contributed by atoms with van der Waals surface area (Å²) in [4.78, 5) is 34.6. The van der Waals surface area contributed by atoms with Crippen molar-refractivity contribution >= 4 is 45.6 Å². The van der Waals surface area contributed by atoms with Gasteiger partial charge in [-0.25, -0.2) is 0 Å². The molecule has 4 N–H and O–H groups in total. The van der Waals surface area contributed by atoms with Crippen LogP contribution in [0.3, 0.4) is 0 Å². The lowest BCUT2D eigenvalue weighted by Gasteiger charge is -2.12. The molecule has 0 heterocycles. The fourth-order valence-corrected chi connectivity index (χ4v) is 2.70. The molecule has 0 unspecified atom stereocenters. The Morgan fingerprint density at radius 1 is 0.931 bits per heavy atom. The first-order valence-corrected chi connectivity index (χ1v) is 8.64. The predicted molar refractivity (Wildman–Crippen MR) is 109 cm³/mol. The number of carbonyl (C=O) groups excluding carboxylic acids is 2. The van der Waals surface area contributed by atoms with Gasteiger partial charge < -0.3 is 5.11 Å². The molecule has 9 nitrogen and oxygen atoms in total. The minimum atomic E-state index is -0.686. The van der Waals surface area contributed by atoms with E-state index in [0.717, 1.165) is 16.8 Å². The van der Waals surface area contributed by atoms with E-state index in [2.05, 4.69) is 16.2 Å². The first-order valence-electron chi connectivity index (χ1n) is 8.23. The van der Waals surface area contributed by atoms with Crippen molar-refractivity contribution in [2.45, 2.75) is 0 Å². The summed E-state index contributed by atoms with van der Waals surface area (Å²) in [7, 11) is 0. The zero-order chi connectivity index (χ0) is 21.0. The van der Waals surface area contributed by atoms with E-state index >= 15 is 0 Å². The number of fused-ring (bicyclic) bond motifs is 1. The second-order valence-electron chi connectivity index (χ2n) is 5.89. The number of rotatable bonds is 3. The number of hydrazine groups is 1. The molecule has 2 amide bonds. The van der Waals surface area contributed by atoms with Crippen LogP contribution >= 0.6 is 12.2 Å². The molecule has 3 aromatic rings. The van der Waals surface area contributed by atoms with Gasteiger partial charge in [-0.05, 0) is 41.2 Å². The van der Waals surface area contributed by atoms with Crippen LogP contribution in [0.4, 0.5) is 5.69 Å². The average Bonchev–Trinajstić information content (AvgIpc) is 2.71. The first-order chi connectivity index (χ1) is 13.8. The molecule has 3 aromatic carbocycles. The highest BCUT2D eigenvalue weighted by molar-refractivity contribution is 7.80. The molecule has 0 fully saturated rings. The van der Waals surface area contributed by atoms with Gasteiger partial charge in [-0.2, -0.15) is 0 Å². The summed E-state index contributed by atoms with van der Waals surface area (Å²) >= 11 is 4.94. The molecule has 0 spiro atoms. The van der Waals surface area contributed by atoms with Gasteiger partial charge >= 0.3 is 0 Å². The number of benzene rings is 3. The van der Waals surface area contributed by atoms with Crippen LogP contribution in [-0.2, 0) is 0 Å². The maximum atomic E-state index is 12.3. The van der Waals surface area contributed by atoms with E-state index in [9.17, 15) is 24.8 Å². The molecular weight excluding hydrogens is 396 g/mol. The van der Waals surface area contributed by atoms with E-state index in [0.29, 0.717) is 0 Å². The van der Waals surface area contributed by atoms with Crippen molar-refractivity contribution in [2.24, 2.45) is 0 Å². The van der Waals surface area contributed by atoms with Gasteiger partial charge in [0.2, 0.25) is 0 Å². The van der Waals surface area contributed by atoms with Crippen LogP contribution in [0.2, 0.25) is 0 Å². The van der Waals surface area contributed by atoms with E-state index in [4.69, 9.17) is 12.2 Å². The molecule has 0 aliphatic heterocycles. The van der Waals surface area contributed by atoms with Crippen LogP contribution in [0.1, 0.15) is 20.7 Å². The molecule has 0 aliphatic carbocycles. The number of nitro benzene ring substituents is 1. The summed E-state index contributed by atoms with van der Waals surface area (Å²) in [5, 5.41) is 24.5. The zero-order valence-corrected chi connectivity index (χ0v) is 15.5. The number of carbonyl (C=O) groups is 2. The van der Waals surface area contributed by atoms with Gasteiger partial charge in [-0.15, -0.1) is 0 Å². The van der Waals surface area contributed by atoms with Crippen LogP contribution in [0, 0.1) is 10.1 Å². The fraction of sp³-hybridized carbons (Fsp3) is 0. The Morgan fingerprint density at radius 2 is 1.62 bits per heavy atom. The normalized spacial score (nSPS) is 10.2. The second-order valence-corrected chi connectivity index (χ2v) is 6.29. The monoisotopic (exact) mass is 410 g/mol. The number of phenolic OH excluding ortho intramolecular Hbond substituents is 1. The maximum absolute atomic E-state index is 12.3. The largest absolute Gasteiger partial charge is 0.507 e.